The highest BCUT2D eigenvalue weighted by Gasteiger charge is 2.16. The lowest BCUT2D eigenvalue weighted by molar-refractivity contribution is -0.116. The van der Waals surface area contributed by atoms with E-state index >= 15 is 0 Å². The second-order valence-electron chi connectivity index (χ2n) is 6.00. The first-order chi connectivity index (χ1) is 12.9. The Morgan fingerprint density at radius 3 is 2.85 bits per heavy atom. The summed E-state index contributed by atoms with van der Waals surface area (Å²) in [7, 11) is 0. The molecule has 2 heterocycles. The molecule has 136 valence electrons. The van der Waals surface area contributed by atoms with Gasteiger partial charge in [0.25, 0.3) is 5.56 Å². The van der Waals surface area contributed by atoms with Crippen LogP contribution in [0.5, 0.6) is 0 Å². The molecule has 0 spiro atoms. The molecule has 1 amide bonds. The molecule has 0 saturated heterocycles. The maximum absolute atomic E-state index is 13.9. The van der Waals surface area contributed by atoms with Crippen molar-refractivity contribution in [2.45, 2.75) is 13.5 Å². The van der Waals surface area contributed by atoms with Crippen molar-refractivity contribution in [1.29, 1.82) is 0 Å². The minimum absolute atomic E-state index is 0.0600. The third-order valence-electron chi connectivity index (χ3n) is 4.18. The first-order valence-corrected chi connectivity index (χ1v) is 9.68. The van der Waals surface area contributed by atoms with Crippen LogP contribution in [-0.2, 0) is 11.3 Å². The van der Waals surface area contributed by atoms with Crippen molar-refractivity contribution in [1.82, 2.24) is 9.55 Å². The van der Waals surface area contributed by atoms with E-state index in [1.165, 1.54) is 28.0 Å². The predicted molar refractivity (Wildman–Crippen MR) is 109 cm³/mol. The van der Waals surface area contributed by atoms with E-state index < -0.39 is 11.7 Å². The van der Waals surface area contributed by atoms with Gasteiger partial charge in [0.05, 0.1) is 11.2 Å². The molecular weight excluding hydrogens is 433 g/mol. The van der Waals surface area contributed by atoms with Crippen LogP contribution >= 0.6 is 27.3 Å². The van der Waals surface area contributed by atoms with Gasteiger partial charge in [-0.1, -0.05) is 34.1 Å². The summed E-state index contributed by atoms with van der Waals surface area (Å²) in [6.07, 6.45) is 0. The Bertz CT molecular complexity index is 1270. The summed E-state index contributed by atoms with van der Waals surface area (Å²) in [4.78, 5) is 29.8. The molecule has 2 aromatic heterocycles. The van der Waals surface area contributed by atoms with Crippen molar-refractivity contribution in [3.05, 3.63) is 68.9 Å². The van der Waals surface area contributed by atoms with Crippen molar-refractivity contribution in [3.63, 3.8) is 0 Å². The molecule has 0 saturated carbocycles. The van der Waals surface area contributed by atoms with E-state index in [0.29, 0.717) is 20.5 Å². The third kappa shape index (κ3) is 3.26. The van der Waals surface area contributed by atoms with Gasteiger partial charge in [-0.2, -0.15) is 0 Å². The van der Waals surface area contributed by atoms with E-state index in [-0.39, 0.29) is 17.8 Å². The Labute approximate surface area is 165 Å². The van der Waals surface area contributed by atoms with E-state index in [2.05, 4.69) is 26.2 Å². The molecule has 4 aromatic rings. The first-order valence-electron chi connectivity index (χ1n) is 8.07. The van der Waals surface area contributed by atoms with Crippen LogP contribution in [0.2, 0.25) is 0 Å². The number of anilines is 1. The molecule has 5 nitrogen and oxygen atoms in total. The number of rotatable bonds is 3. The van der Waals surface area contributed by atoms with Crippen LogP contribution in [0.1, 0.15) is 5.82 Å². The van der Waals surface area contributed by atoms with E-state index in [1.807, 2.05) is 24.3 Å². The predicted octanol–water partition coefficient (Wildman–Crippen LogP) is 4.46. The molecule has 0 atom stereocenters. The van der Waals surface area contributed by atoms with Crippen molar-refractivity contribution < 1.29 is 9.18 Å². The van der Waals surface area contributed by atoms with Gasteiger partial charge >= 0.3 is 0 Å². The summed E-state index contributed by atoms with van der Waals surface area (Å²) in [6.45, 7) is 1.44. The number of aromatic nitrogens is 2. The number of hydrogen-bond acceptors (Lipinski definition) is 4. The fourth-order valence-corrected chi connectivity index (χ4v) is 4.31. The SMILES string of the molecule is Cc1nc2c(sc3ccccc32)c(=O)n1CC(=O)Nc1ccc(Br)cc1F. The van der Waals surface area contributed by atoms with Crippen LogP contribution in [0.3, 0.4) is 0 Å². The van der Waals surface area contributed by atoms with Crippen LogP contribution < -0.4 is 10.9 Å². The Hall–Kier alpha value is -2.58. The number of aryl methyl sites for hydroxylation is 1. The summed E-state index contributed by atoms with van der Waals surface area (Å²) >= 11 is 4.52. The molecule has 0 unspecified atom stereocenters. The maximum Gasteiger partial charge on any atom is 0.272 e. The number of nitrogens with zero attached hydrogens (tertiary/aromatic N) is 2. The number of hydrogen-bond donors (Lipinski definition) is 1. The maximum atomic E-state index is 13.9. The molecule has 2 aromatic carbocycles. The normalized spacial score (nSPS) is 11.2. The quantitative estimate of drug-likeness (QED) is 0.506. The van der Waals surface area contributed by atoms with Gasteiger partial charge in [-0.3, -0.25) is 14.2 Å². The van der Waals surface area contributed by atoms with E-state index in [9.17, 15) is 14.0 Å². The first kappa shape index (κ1) is 17.8. The Balaban J connectivity index is 1.70. The van der Waals surface area contributed by atoms with Crippen LogP contribution in [0.4, 0.5) is 10.1 Å². The molecule has 0 aliphatic carbocycles. The number of carbonyl (C=O) groups excluding carboxylic acids is 1. The standard InChI is InChI=1S/C19H13BrFN3O2S/c1-10-22-17-12-4-2-3-5-15(12)27-18(17)19(26)24(10)9-16(25)23-14-7-6-11(20)8-13(14)21/h2-8H,9H2,1H3,(H,23,25). The van der Waals surface area contributed by atoms with Gasteiger partial charge in [-0.25, -0.2) is 9.37 Å². The molecule has 0 bridgehead atoms. The van der Waals surface area contributed by atoms with Gasteiger partial charge in [0.2, 0.25) is 5.91 Å². The highest BCUT2D eigenvalue weighted by Crippen LogP contribution is 2.30. The minimum Gasteiger partial charge on any atom is -0.322 e. The average molecular weight is 446 g/mol. The molecule has 4 rings (SSSR count). The number of nitrogens with one attached hydrogen (secondary N) is 1. The topological polar surface area (TPSA) is 64.0 Å². The fraction of sp³-hybridized carbons (Fsp3) is 0.105. The zero-order valence-corrected chi connectivity index (χ0v) is 16.5. The van der Waals surface area contributed by atoms with Crippen molar-refractivity contribution in [2.24, 2.45) is 0 Å². The van der Waals surface area contributed by atoms with Gasteiger partial charge in [0.15, 0.2) is 0 Å². The Kier molecular flexibility index (Phi) is 4.53. The highest BCUT2D eigenvalue weighted by molar-refractivity contribution is 9.10. The largest absolute Gasteiger partial charge is 0.322 e. The second kappa shape index (κ2) is 6.86. The van der Waals surface area contributed by atoms with E-state index in [1.54, 1.807) is 13.0 Å². The van der Waals surface area contributed by atoms with Gasteiger partial charge in [-0.15, -0.1) is 11.3 Å². The summed E-state index contributed by atoms with van der Waals surface area (Å²) in [6, 6.07) is 12.0. The lowest BCUT2D eigenvalue weighted by Crippen LogP contribution is -2.30. The second-order valence-corrected chi connectivity index (χ2v) is 7.97. The third-order valence-corrected chi connectivity index (χ3v) is 5.82. The number of fused-ring (bicyclic) bond motifs is 3. The summed E-state index contributed by atoms with van der Waals surface area (Å²) in [5.74, 6) is -0.619. The van der Waals surface area contributed by atoms with Crippen LogP contribution in [0, 0.1) is 12.7 Å². The van der Waals surface area contributed by atoms with Gasteiger partial charge in [0.1, 0.15) is 22.9 Å². The minimum atomic E-state index is -0.556. The number of benzene rings is 2. The average Bonchev–Trinajstić information content (AvgIpc) is 3.00. The van der Waals surface area contributed by atoms with E-state index in [4.69, 9.17) is 0 Å². The van der Waals surface area contributed by atoms with Crippen molar-refractivity contribution in [2.75, 3.05) is 5.32 Å². The number of thiophene rings is 1. The molecule has 0 aliphatic rings. The molecule has 0 fully saturated rings. The lowest BCUT2D eigenvalue weighted by atomic mass is 10.2. The van der Waals surface area contributed by atoms with Gasteiger partial charge in [-0.05, 0) is 31.2 Å². The van der Waals surface area contributed by atoms with Crippen LogP contribution in [-0.4, -0.2) is 15.5 Å². The van der Waals surface area contributed by atoms with Crippen molar-refractivity contribution in [3.8, 4) is 0 Å². The Morgan fingerprint density at radius 2 is 2.07 bits per heavy atom. The molecule has 0 aliphatic heterocycles. The zero-order valence-electron chi connectivity index (χ0n) is 14.1. The monoisotopic (exact) mass is 445 g/mol. The zero-order chi connectivity index (χ0) is 19.1. The van der Waals surface area contributed by atoms with Gasteiger partial charge < -0.3 is 5.32 Å². The lowest BCUT2D eigenvalue weighted by Gasteiger charge is -2.10. The van der Waals surface area contributed by atoms with Gasteiger partial charge in [0, 0.05) is 14.6 Å². The molecule has 27 heavy (non-hydrogen) atoms. The van der Waals surface area contributed by atoms with E-state index in [0.717, 1.165) is 10.1 Å². The summed E-state index contributed by atoms with van der Waals surface area (Å²) in [5, 5.41) is 3.42. The van der Waals surface area contributed by atoms with Crippen LogP contribution in [0.25, 0.3) is 20.3 Å². The van der Waals surface area contributed by atoms with Crippen molar-refractivity contribution >= 4 is 59.2 Å². The number of amides is 1. The molecule has 1 N–H and O–H groups in total. The summed E-state index contributed by atoms with van der Waals surface area (Å²) < 4.78 is 17.3. The summed E-state index contributed by atoms with van der Waals surface area (Å²) in [5.41, 5.74) is 0.434. The fourth-order valence-electron chi connectivity index (χ4n) is 2.89. The Morgan fingerprint density at radius 1 is 1.30 bits per heavy atom. The number of halogens is 2. The molecule has 0 radical (unpaired) electrons. The molecular formula is C19H13BrFN3O2S. The molecule has 8 heteroatoms. The number of carbonyl (C=O) groups is 1. The van der Waals surface area contributed by atoms with Crippen LogP contribution in [0.15, 0.2) is 51.7 Å². The smallest absolute Gasteiger partial charge is 0.272 e. The highest BCUT2D eigenvalue weighted by atomic mass is 79.9.